The molecule has 0 saturated heterocycles. The lowest BCUT2D eigenvalue weighted by molar-refractivity contribution is 0.00404. The summed E-state index contributed by atoms with van der Waals surface area (Å²) in [5.74, 6) is -0.00608. The Balaban J connectivity index is 1.60. The fourth-order valence-electron chi connectivity index (χ4n) is 3.06. The molecule has 2 atom stereocenters. The zero-order valence-electron chi connectivity index (χ0n) is 13.6. The first kappa shape index (κ1) is 17.2. The third kappa shape index (κ3) is 4.23. The molecule has 4 heteroatoms. The van der Waals surface area contributed by atoms with Gasteiger partial charge in [-0.1, -0.05) is 48.7 Å². The van der Waals surface area contributed by atoms with Gasteiger partial charge in [-0.05, 0) is 42.7 Å². The van der Waals surface area contributed by atoms with Gasteiger partial charge < -0.3 is 10.5 Å². The molecule has 0 heterocycles. The second-order valence-electron chi connectivity index (χ2n) is 6.33. The summed E-state index contributed by atoms with van der Waals surface area (Å²) in [5.41, 5.74) is 8.46. The first-order valence-electron chi connectivity index (χ1n) is 8.40. The highest BCUT2D eigenvalue weighted by Gasteiger charge is 2.22. The van der Waals surface area contributed by atoms with E-state index in [2.05, 4.69) is 0 Å². The summed E-state index contributed by atoms with van der Waals surface area (Å²) in [4.78, 5) is 12.4. The Morgan fingerprint density at radius 2 is 1.58 bits per heavy atom. The summed E-state index contributed by atoms with van der Waals surface area (Å²) in [5, 5.41) is 0.625. The molecule has 0 aromatic heterocycles. The van der Waals surface area contributed by atoms with Gasteiger partial charge in [-0.25, -0.2) is 0 Å². The van der Waals surface area contributed by atoms with Gasteiger partial charge in [-0.2, -0.15) is 0 Å². The van der Waals surface area contributed by atoms with Gasteiger partial charge in [-0.15, -0.1) is 0 Å². The molecule has 126 valence electrons. The molecule has 2 N–H and O–H groups in total. The molecule has 1 aliphatic rings. The van der Waals surface area contributed by atoms with E-state index in [1.54, 1.807) is 24.3 Å². The number of carbonyl (C=O) groups excluding carboxylic acids is 1. The minimum absolute atomic E-state index is 0.00608. The molecular weight excluding hydrogens is 322 g/mol. The second-order valence-corrected chi connectivity index (χ2v) is 6.77. The van der Waals surface area contributed by atoms with Crippen molar-refractivity contribution >= 4 is 17.4 Å². The minimum atomic E-state index is -0.00608. The van der Waals surface area contributed by atoms with E-state index in [-0.39, 0.29) is 17.9 Å². The van der Waals surface area contributed by atoms with E-state index in [0.717, 1.165) is 18.4 Å². The Hall–Kier alpha value is -1.68. The number of hydrogen-bond donors (Lipinski definition) is 1. The number of rotatable bonds is 5. The molecule has 0 spiro atoms. The van der Waals surface area contributed by atoms with E-state index in [4.69, 9.17) is 22.1 Å². The van der Waals surface area contributed by atoms with Gasteiger partial charge in [-0.3, -0.25) is 4.79 Å². The summed E-state index contributed by atoms with van der Waals surface area (Å²) in [6.07, 6.45) is 4.61. The van der Waals surface area contributed by atoms with Crippen LogP contribution in [-0.4, -0.2) is 17.9 Å². The van der Waals surface area contributed by atoms with E-state index in [1.165, 1.54) is 12.8 Å². The lowest BCUT2D eigenvalue weighted by Crippen LogP contribution is -2.39. The molecule has 2 unspecified atom stereocenters. The largest absolute Gasteiger partial charge is 0.372 e. The molecule has 24 heavy (non-hydrogen) atoms. The summed E-state index contributed by atoms with van der Waals surface area (Å²) in [6, 6.07) is 14.7. The highest BCUT2D eigenvalue weighted by Crippen LogP contribution is 2.21. The number of ether oxygens (including phenoxy) is 1. The average molecular weight is 344 g/mol. The molecule has 2 aromatic rings. The maximum Gasteiger partial charge on any atom is 0.193 e. The van der Waals surface area contributed by atoms with Crippen LogP contribution in [0.2, 0.25) is 5.02 Å². The van der Waals surface area contributed by atoms with Gasteiger partial charge in [0.2, 0.25) is 0 Å². The van der Waals surface area contributed by atoms with Crippen molar-refractivity contribution in [2.24, 2.45) is 5.73 Å². The number of nitrogens with two attached hydrogens (primary N) is 1. The summed E-state index contributed by atoms with van der Waals surface area (Å²) in [6.45, 7) is 0.535. The van der Waals surface area contributed by atoms with Crippen LogP contribution in [0.4, 0.5) is 0 Å². The van der Waals surface area contributed by atoms with E-state index >= 15 is 0 Å². The molecule has 1 fully saturated rings. The van der Waals surface area contributed by atoms with Crippen molar-refractivity contribution in [3.05, 3.63) is 70.2 Å². The zero-order valence-corrected chi connectivity index (χ0v) is 14.3. The fraction of sp³-hybridized carbons (Fsp3) is 0.350. The number of benzene rings is 2. The van der Waals surface area contributed by atoms with Crippen molar-refractivity contribution in [3.8, 4) is 0 Å². The predicted molar refractivity (Wildman–Crippen MR) is 96.3 cm³/mol. The lowest BCUT2D eigenvalue weighted by atomic mass is 9.93. The number of hydrogen-bond acceptors (Lipinski definition) is 3. The van der Waals surface area contributed by atoms with Crippen molar-refractivity contribution in [1.29, 1.82) is 0 Å². The van der Waals surface area contributed by atoms with Gasteiger partial charge in [0.25, 0.3) is 0 Å². The first-order chi connectivity index (χ1) is 11.6. The summed E-state index contributed by atoms with van der Waals surface area (Å²) in [7, 11) is 0. The molecule has 0 aliphatic heterocycles. The topological polar surface area (TPSA) is 52.3 Å². The lowest BCUT2D eigenvalue weighted by Gasteiger charge is -2.28. The van der Waals surface area contributed by atoms with Crippen molar-refractivity contribution in [2.45, 2.75) is 44.4 Å². The minimum Gasteiger partial charge on any atom is -0.372 e. The molecule has 1 saturated carbocycles. The molecular formula is C20H22ClNO2. The Bertz CT molecular complexity index is 682. The van der Waals surface area contributed by atoms with Gasteiger partial charge in [0.15, 0.2) is 5.78 Å². The summed E-state index contributed by atoms with van der Waals surface area (Å²) >= 11 is 5.86. The van der Waals surface area contributed by atoms with Gasteiger partial charge in [0.05, 0.1) is 12.7 Å². The Labute approximate surface area is 147 Å². The van der Waals surface area contributed by atoms with Crippen molar-refractivity contribution in [1.82, 2.24) is 0 Å². The van der Waals surface area contributed by atoms with Crippen LogP contribution in [0.5, 0.6) is 0 Å². The molecule has 0 bridgehead atoms. The molecule has 0 radical (unpaired) electrons. The van der Waals surface area contributed by atoms with E-state index in [1.807, 2.05) is 24.3 Å². The van der Waals surface area contributed by atoms with E-state index < -0.39 is 0 Å². The molecule has 3 rings (SSSR count). The van der Waals surface area contributed by atoms with Crippen LogP contribution >= 0.6 is 11.6 Å². The Morgan fingerprint density at radius 1 is 1.00 bits per heavy atom. The van der Waals surface area contributed by atoms with Crippen LogP contribution < -0.4 is 5.73 Å². The van der Waals surface area contributed by atoms with Crippen LogP contribution in [0, 0.1) is 0 Å². The smallest absolute Gasteiger partial charge is 0.193 e. The van der Waals surface area contributed by atoms with Gasteiger partial charge >= 0.3 is 0 Å². The van der Waals surface area contributed by atoms with Crippen molar-refractivity contribution in [2.75, 3.05) is 0 Å². The highest BCUT2D eigenvalue weighted by molar-refractivity contribution is 6.30. The van der Waals surface area contributed by atoms with Gasteiger partial charge in [0, 0.05) is 22.2 Å². The van der Waals surface area contributed by atoms with Crippen LogP contribution in [0.3, 0.4) is 0 Å². The number of ketones is 1. The quantitative estimate of drug-likeness (QED) is 0.821. The highest BCUT2D eigenvalue weighted by atomic mass is 35.5. The monoisotopic (exact) mass is 343 g/mol. The van der Waals surface area contributed by atoms with Crippen molar-refractivity contribution in [3.63, 3.8) is 0 Å². The third-order valence-electron chi connectivity index (χ3n) is 4.54. The first-order valence-corrected chi connectivity index (χ1v) is 8.77. The maximum absolute atomic E-state index is 12.4. The van der Waals surface area contributed by atoms with Gasteiger partial charge in [0.1, 0.15) is 0 Å². The van der Waals surface area contributed by atoms with Crippen molar-refractivity contribution < 1.29 is 9.53 Å². The van der Waals surface area contributed by atoms with Crippen LogP contribution in [0.1, 0.15) is 47.2 Å². The molecule has 0 amide bonds. The molecule has 3 nitrogen and oxygen atoms in total. The molecule has 1 aliphatic carbocycles. The Kier molecular flexibility index (Phi) is 5.67. The number of carbonyl (C=O) groups is 1. The van der Waals surface area contributed by atoms with Crippen LogP contribution in [0.25, 0.3) is 0 Å². The normalized spacial score (nSPS) is 20.8. The summed E-state index contributed by atoms with van der Waals surface area (Å²) < 4.78 is 5.95. The predicted octanol–water partition coefficient (Wildman–Crippen LogP) is 4.36. The van der Waals surface area contributed by atoms with Crippen LogP contribution in [0.15, 0.2) is 48.5 Å². The average Bonchev–Trinajstić information content (AvgIpc) is 2.62. The molecule has 2 aromatic carbocycles. The fourth-order valence-corrected chi connectivity index (χ4v) is 3.18. The van der Waals surface area contributed by atoms with E-state index in [0.29, 0.717) is 22.8 Å². The van der Waals surface area contributed by atoms with Crippen LogP contribution in [-0.2, 0) is 11.3 Å². The number of halogens is 1. The zero-order chi connectivity index (χ0) is 16.9. The SMILES string of the molecule is NC1CCCCC1OCc1ccc(C(=O)c2ccc(Cl)cc2)cc1. The third-order valence-corrected chi connectivity index (χ3v) is 4.79. The second kappa shape index (κ2) is 7.93. The standard InChI is InChI=1S/C20H22ClNO2/c21-17-11-9-16(10-12-17)20(23)15-7-5-14(6-8-15)13-24-19-4-2-1-3-18(19)22/h5-12,18-19H,1-4,13,22H2. The van der Waals surface area contributed by atoms with E-state index in [9.17, 15) is 4.79 Å². The maximum atomic E-state index is 12.4. The Morgan fingerprint density at radius 3 is 2.21 bits per heavy atom.